The number of carboxylic acids is 1. The Labute approximate surface area is 72.0 Å². The Hall–Kier alpha value is -0.870. The van der Waals surface area contributed by atoms with E-state index in [2.05, 4.69) is 4.98 Å². The van der Waals surface area contributed by atoms with Gasteiger partial charge in [0.15, 0.2) is 0 Å². The number of aliphatic carboxylic acids is 1. The Morgan fingerprint density at radius 2 is 2.55 bits per heavy atom. The van der Waals surface area contributed by atoms with Crippen LogP contribution >= 0.6 is 22.9 Å². The third-order valence-electron chi connectivity index (χ3n) is 0.864. The third kappa shape index (κ3) is 2.69. The largest absolute Gasteiger partial charge is 0.478 e. The molecule has 0 fully saturated rings. The minimum Gasteiger partial charge on any atom is -0.478 e. The molecule has 1 aromatic rings. The Balaban J connectivity index is 2.71. The molecule has 0 aromatic carbocycles. The fraction of sp³-hybridized carbons (Fsp3) is 0. The molecule has 3 nitrogen and oxygen atoms in total. The van der Waals surface area contributed by atoms with Gasteiger partial charge in [-0.15, -0.1) is 11.3 Å². The van der Waals surface area contributed by atoms with E-state index in [1.54, 1.807) is 0 Å². The number of rotatable bonds is 2. The third-order valence-corrected chi connectivity index (χ3v) is 1.94. The highest BCUT2D eigenvalue weighted by Gasteiger charge is 1.94. The van der Waals surface area contributed by atoms with Gasteiger partial charge in [-0.1, -0.05) is 11.6 Å². The normalized spacial score (nSPS) is 10.6. The van der Waals surface area contributed by atoms with E-state index in [-0.39, 0.29) is 0 Å². The van der Waals surface area contributed by atoms with Crippen LogP contribution in [0.3, 0.4) is 0 Å². The molecule has 0 atom stereocenters. The van der Waals surface area contributed by atoms with Crippen LogP contribution in [0.4, 0.5) is 0 Å². The van der Waals surface area contributed by atoms with Crippen LogP contribution in [0.25, 0.3) is 6.08 Å². The Bertz CT molecular complexity index is 295. The van der Waals surface area contributed by atoms with Crippen molar-refractivity contribution in [2.24, 2.45) is 0 Å². The van der Waals surface area contributed by atoms with Crippen LogP contribution in [0.2, 0.25) is 4.34 Å². The lowest BCUT2D eigenvalue weighted by Crippen LogP contribution is -1.84. The summed E-state index contributed by atoms with van der Waals surface area (Å²) in [5.74, 6) is -0.990. The molecule has 0 amide bonds. The van der Waals surface area contributed by atoms with E-state index in [4.69, 9.17) is 16.7 Å². The Morgan fingerprint density at radius 1 is 1.82 bits per heavy atom. The molecule has 0 radical (unpaired) electrons. The van der Waals surface area contributed by atoms with Crippen molar-refractivity contribution in [1.82, 2.24) is 4.98 Å². The highest BCUT2D eigenvalue weighted by atomic mass is 35.5. The van der Waals surface area contributed by atoms with E-state index in [9.17, 15) is 4.79 Å². The summed E-state index contributed by atoms with van der Waals surface area (Å²) in [6, 6.07) is 0. The van der Waals surface area contributed by atoms with Gasteiger partial charge in [0.05, 0.1) is 6.20 Å². The highest BCUT2D eigenvalue weighted by Crippen LogP contribution is 2.18. The van der Waals surface area contributed by atoms with Gasteiger partial charge in [-0.2, -0.15) is 0 Å². The van der Waals surface area contributed by atoms with Gasteiger partial charge in [-0.05, 0) is 6.08 Å². The molecule has 58 valence electrons. The molecule has 0 saturated heterocycles. The number of carboxylic acid groups (broad SMARTS) is 1. The maximum atomic E-state index is 10.0. The summed E-state index contributed by atoms with van der Waals surface area (Å²) in [5, 5.41) is 8.83. The fourth-order valence-corrected chi connectivity index (χ4v) is 1.32. The molecule has 1 rings (SSSR count). The predicted molar refractivity (Wildman–Crippen MR) is 43.8 cm³/mol. The number of carbonyl (C=O) groups is 1. The second-order valence-electron chi connectivity index (χ2n) is 1.67. The van der Waals surface area contributed by atoms with Crippen molar-refractivity contribution in [3.8, 4) is 0 Å². The van der Waals surface area contributed by atoms with Crippen molar-refractivity contribution in [3.05, 3.63) is 21.6 Å². The smallest absolute Gasteiger partial charge is 0.328 e. The van der Waals surface area contributed by atoms with Crippen molar-refractivity contribution in [2.75, 3.05) is 0 Å². The first-order valence-corrected chi connectivity index (χ1v) is 3.90. The first-order valence-electron chi connectivity index (χ1n) is 2.71. The van der Waals surface area contributed by atoms with Crippen molar-refractivity contribution < 1.29 is 9.90 Å². The van der Waals surface area contributed by atoms with E-state index < -0.39 is 5.97 Å². The summed E-state index contributed by atoms with van der Waals surface area (Å²) >= 11 is 6.78. The van der Waals surface area contributed by atoms with Crippen LogP contribution in [-0.4, -0.2) is 16.1 Å². The zero-order chi connectivity index (χ0) is 8.27. The lowest BCUT2D eigenvalue weighted by atomic mass is 10.5. The summed E-state index contributed by atoms with van der Waals surface area (Å²) in [6.45, 7) is 0. The molecule has 0 aliphatic rings. The van der Waals surface area contributed by atoms with Crippen LogP contribution in [0.5, 0.6) is 0 Å². The van der Waals surface area contributed by atoms with E-state index in [0.717, 1.165) is 6.08 Å². The molecule has 0 unspecified atom stereocenters. The van der Waals surface area contributed by atoms with E-state index in [0.29, 0.717) is 9.34 Å². The lowest BCUT2D eigenvalue weighted by molar-refractivity contribution is -0.131. The molecule has 0 saturated carbocycles. The standard InChI is InChI=1S/C6H4ClNO2S/c7-4-3-8-5(11-4)1-2-6(9)10/h1-3H,(H,9,10). The van der Waals surface area contributed by atoms with Crippen molar-refractivity contribution in [3.63, 3.8) is 0 Å². The molecule has 0 bridgehead atoms. The van der Waals surface area contributed by atoms with Crippen LogP contribution < -0.4 is 0 Å². The summed E-state index contributed by atoms with van der Waals surface area (Å²) in [4.78, 5) is 13.9. The van der Waals surface area contributed by atoms with Gasteiger partial charge >= 0.3 is 5.97 Å². The average Bonchev–Trinajstić information content (AvgIpc) is 2.31. The Morgan fingerprint density at radius 3 is 3.00 bits per heavy atom. The topological polar surface area (TPSA) is 50.2 Å². The fourth-order valence-electron chi connectivity index (χ4n) is 0.487. The number of halogens is 1. The molecule has 1 heterocycles. The monoisotopic (exact) mass is 189 g/mol. The number of thiazole rings is 1. The van der Waals surface area contributed by atoms with Gasteiger partial charge in [0.1, 0.15) is 9.34 Å². The Kier molecular flexibility index (Phi) is 2.62. The van der Waals surface area contributed by atoms with Crippen molar-refractivity contribution in [2.45, 2.75) is 0 Å². The molecule has 11 heavy (non-hydrogen) atoms. The molecule has 0 spiro atoms. The SMILES string of the molecule is O=C(O)C=Cc1ncc(Cl)s1. The van der Waals surface area contributed by atoms with Gasteiger partial charge in [-0.25, -0.2) is 9.78 Å². The average molecular weight is 190 g/mol. The molecular weight excluding hydrogens is 186 g/mol. The van der Waals surface area contributed by atoms with Gasteiger partial charge in [-0.3, -0.25) is 0 Å². The molecule has 1 aromatic heterocycles. The quantitative estimate of drug-likeness (QED) is 0.723. The molecule has 1 N–H and O–H groups in total. The second-order valence-corrected chi connectivity index (χ2v) is 3.37. The van der Waals surface area contributed by atoms with Crippen molar-refractivity contribution in [1.29, 1.82) is 0 Å². The summed E-state index contributed by atoms with van der Waals surface area (Å²) in [7, 11) is 0. The van der Waals surface area contributed by atoms with Crippen LogP contribution in [0, 0.1) is 0 Å². The minimum absolute atomic E-state index is 0.551. The zero-order valence-corrected chi connectivity index (χ0v) is 6.89. The molecule has 0 aliphatic heterocycles. The molecule has 5 heteroatoms. The van der Waals surface area contributed by atoms with E-state index in [1.165, 1.54) is 23.6 Å². The summed E-state index contributed by atoms with van der Waals surface area (Å²) in [6.07, 6.45) is 3.90. The van der Waals surface area contributed by atoms with E-state index in [1.807, 2.05) is 0 Å². The number of nitrogens with zero attached hydrogens (tertiary/aromatic N) is 1. The molecule has 0 aliphatic carbocycles. The maximum Gasteiger partial charge on any atom is 0.328 e. The maximum absolute atomic E-state index is 10.0. The van der Waals surface area contributed by atoms with Gasteiger partial charge in [0.25, 0.3) is 0 Å². The number of hydrogen-bond donors (Lipinski definition) is 1. The first kappa shape index (κ1) is 8.23. The van der Waals surface area contributed by atoms with Crippen LogP contribution in [0.1, 0.15) is 5.01 Å². The van der Waals surface area contributed by atoms with Gasteiger partial charge in [0.2, 0.25) is 0 Å². The van der Waals surface area contributed by atoms with Gasteiger partial charge < -0.3 is 5.11 Å². The lowest BCUT2D eigenvalue weighted by Gasteiger charge is -1.78. The molecular formula is C6H4ClNO2S. The van der Waals surface area contributed by atoms with Crippen LogP contribution in [0.15, 0.2) is 12.3 Å². The summed E-state index contributed by atoms with van der Waals surface area (Å²) < 4.78 is 0.551. The highest BCUT2D eigenvalue weighted by molar-refractivity contribution is 7.16. The number of hydrogen-bond acceptors (Lipinski definition) is 3. The summed E-state index contributed by atoms with van der Waals surface area (Å²) in [5.41, 5.74) is 0. The van der Waals surface area contributed by atoms with E-state index >= 15 is 0 Å². The van der Waals surface area contributed by atoms with Crippen molar-refractivity contribution >= 4 is 35.0 Å². The second kappa shape index (κ2) is 3.50. The predicted octanol–water partition coefficient (Wildman–Crippen LogP) is 1.89. The zero-order valence-electron chi connectivity index (χ0n) is 5.32. The van der Waals surface area contributed by atoms with Gasteiger partial charge in [0, 0.05) is 6.08 Å². The van der Waals surface area contributed by atoms with Crippen LogP contribution in [-0.2, 0) is 4.79 Å². The first-order chi connectivity index (χ1) is 5.18. The minimum atomic E-state index is -0.990. The number of aromatic nitrogens is 1.